The Morgan fingerprint density at radius 1 is 1.38 bits per heavy atom. The first-order chi connectivity index (χ1) is 7.77. The third-order valence-electron chi connectivity index (χ3n) is 2.43. The molecule has 0 radical (unpaired) electrons. The molecule has 2 aromatic heterocycles. The zero-order valence-corrected chi connectivity index (χ0v) is 9.68. The van der Waals surface area contributed by atoms with E-state index in [1.807, 2.05) is 29.1 Å². The molecule has 0 unspecified atom stereocenters. The smallest absolute Gasteiger partial charge is 0.117 e. The van der Waals surface area contributed by atoms with Crippen molar-refractivity contribution in [2.75, 3.05) is 0 Å². The second-order valence-corrected chi connectivity index (χ2v) is 4.04. The second-order valence-electron chi connectivity index (χ2n) is 4.04. The van der Waals surface area contributed by atoms with Gasteiger partial charge in [0.2, 0.25) is 0 Å². The van der Waals surface area contributed by atoms with E-state index in [1.54, 1.807) is 6.26 Å². The maximum absolute atomic E-state index is 5.25. The summed E-state index contributed by atoms with van der Waals surface area (Å²) in [5.41, 5.74) is 1.20. The first-order valence-electron chi connectivity index (χ1n) is 5.53. The Morgan fingerprint density at radius 2 is 2.25 bits per heavy atom. The number of aromatic nitrogens is 2. The maximum Gasteiger partial charge on any atom is 0.117 e. The van der Waals surface area contributed by atoms with Crippen molar-refractivity contribution < 1.29 is 4.42 Å². The Kier molecular flexibility index (Phi) is 3.41. The largest absolute Gasteiger partial charge is 0.468 e. The third-order valence-corrected chi connectivity index (χ3v) is 2.43. The molecule has 0 aliphatic rings. The number of rotatable bonds is 5. The van der Waals surface area contributed by atoms with Gasteiger partial charge in [0.05, 0.1) is 18.5 Å². The quantitative estimate of drug-likeness (QED) is 0.839. The highest BCUT2D eigenvalue weighted by Gasteiger charge is 2.05. The summed E-state index contributed by atoms with van der Waals surface area (Å²) in [5, 5.41) is 7.62. The van der Waals surface area contributed by atoms with Crippen molar-refractivity contribution in [2.24, 2.45) is 0 Å². The Balaban J connectivity index is 1.87. The van der Waals surface area contributed by atoms with Crippen LogP contribution in [-0.4, -0.2) is 9.78 Å². The first-order valence-corrected chi connectivity index (χ1v) is 5.53. The standard InChI is InChI=1S/C12H17N3O/c1-10(2)15-11(5-6-14-15)8-13-9-12-4-3-7-16-12/h3-7,10,13H,8-9H2,1-2H3. The number of hydrogen-bond donors (Lipinski definition) is 1. The third kappa shape index (κ3) is 2.52. The molecule has 2 aromatic rings. The van der Waals surface area contributed by atoms with Crippen molar-refractivity contribution in [3.05, 3.63) is 42.1 Å². The van der Waals surface area contributed by atoms with Crippen LogP contribution in [0.4, 0.5) is 0 Å². The van der Waals surface area contributed by atoms with Gasteiger partial charge in [-0.25, -0.2) is 0 Å². The lowest BCUT2D eigenvalue weighted by molar-refractivity contribution is 0.464. The molecule has 0 saturated carbocycles. The highest BCUT2D eigenvalue weighted by Crippen LogP contribution is 2.08. The van der Waals surface area contributed by atoms with Crippen LogP contribution in [0.1, 0.15) is 31.3 Å². The molecule has 4 nitrogen and oxygen atoms in total. The van der Waals surface area contributed by atoms with Crippen LogP contribution < -0.4 is 5.32 Å². The lowest BCUT2D eigenvalue weighted by atomic mass is 10.3. The van der Waals surface area contributed by atoms with Gasteiger partial charge in [-0.3, -0.25) is 4.68 Å². The normalized spacial score (nSPS) is 11.2. The fourth-order valence-electron chi connectivity index (χ4n) is 1.67. The van der Waals surface area contributed by atoms with Gasteiger partial charge in [-0.15, -0.1) is 0 Å². The molecule has 1 N–H and O–H groups in total. The number of furan rings is 1. The van der Waals surface area contributed by atoms with Crippen LogP contribution >= 0.6 is 0 Å². The summed E-state index contributed by atoms with van der Waals surface area (Å²) < 4.78 is 7.27. The maximum atomic E-state index is 5.25. The molecule has 0 aromatic carbocycles. The summed E-state index contributed by atoms with van der Waals surface area (Å²) in [5.74, 6) is 0.954. The molecular formula is C12H17N3O. The molecule has 0 atom stereocenters. The van der Waals surface area contributed by atoms with Gasteiger partial charge in [-0.2, -0.15) is 5.10 Å². The summed E-state index contributed by atoms with van der Waals surface area (Å²) >= 11 is 0. The molecule has 0 aliphatic heterocycles. The zero-order valence-electron chi connectivity index (χ0n) is 9.68. The lowest BCUT2D eigenvalue weighted by Gasteiger charge is -2.11. The summed E-state index contributed by atoms with van der Waals surface area (Å²) in [6.45, 7) is 5.81. The zero-order chi connectivity index (χ0) is 11.4. The van der Waals surface area contributed by atoms with Crippen LogP contribution in [0.15, 0.2) is 35.1 Å². The predicted molar refractivity (Wildman–Crippen MR) is 61.9 cm³/mol. The molecule has 0 aliphatic carbocycles. The minimum atomic E-state index is 0.399. The van der Waals surface area contributed by atoms with Crippen molar-refractivity contribution in [3.8, 4) is 0 Å². The molecule has 86 valence electrons. The van der Waals surface area contributed by atoms with Gasteiger partial charge in [0.1, 0.15) is 5.76 Å². The van der Waals surface area contributed by atoms with Crippen molar-refractivity contribution in [3.63, 3.8) is 0 Å². The molecular weight excluding hydrogens is 202 g/mol. The van der Waals surface area contributed by atoms with Gasteiger partial charge in [0.25, 0.3) is 0 Å². The van der Waals surface area contributed by atoms with Crippen molar-refractivity contribution in [2.45, 2.75) is 33.0 Å². The molecule has 0 fully saturated rings. The molecule has 0 bridgehead atoms. The van der Waals surface area contributed by atoms with Crippen molar-refractivity contribution in [1.82, 2.24) is 15.1 Å². The van der Waals surface area contributed by atoms with E-state index in [-0.39, 0.29) is 0 Å². The SMILES string of the molecule is CC(C)n1nccc1CNCc1ccco1. The van der Waals surface area contributed by atoms with Gasteiger partial charge in [-0.05, 0) is 32.0 Å². The van der Waals surface area contributed by atoms with Crippen LogP contribution in [-0.2, 0) is 13.1 Å². The van der Waals surface area contributed by atoms with Crippen LogP contribution in [0, 0.1) is 0 Å². The fourth-order valence-corrected chi connectivity index (χ4v) is 1.67. The Labute approximate surface area is 95.3 Å². The molecule has 0 amide bonds. The summed E-state index contributed by atoms with van der Waals surface area (Å²) in [7, 11) is 0. The Hall–Kier alpha value is -1.55. The summed E-state index contributed by atoms with van der Waals surface area (Å²) in [4.78, 5) is 0. The van der Waals surface area contributed by atoms with Gasteiger partial charge in [0, 0.05) is 18.8 Å². The summed E-state index contributed by atoms with van der Waals surface area (Å²) in [6.07, 6.45) is 3.53. The average Bonchev–Trinajstić information content (AvgIpc) is 2.87. The Morgan fingerprint density at radius 3 is 2.94 bits per heavy atom. The predicted octanol–water partition coefficient (Wildman–Crippen LogP) is 2.35. The van der Waals surface area contributed by atoms with E-state index < -0.39 is 0 Å². The van der Waals surface area contributed by atoms with Crippen LogP contribution in [0.2, 0.25) is 0 Å². The molecule has 16 heavy (non-hydrogen) atoms. The Bertz CT molecular complexity index is 417. The van der Waals surface area contributed by atoms with Crippen LogP contribution in [0.5, 0.6) is 0 Å². The fraction of sp³-hybridized carbons (Fsp3) is 0.417. The lowest BCUT2D eigenvalue weighted by Crippen LogP contribution is -2.17. The summed E-state index contributed by atoms with van der Waals surface area (Å²) in [6, 6.07) is 6.30. The van der Waals surface area contributed by atoms with Gasteiger partial charge >= 0.3 is 0 Å². The topological polar surface area (TPSA) is 43.0 Å². The van der Waals surface area contributed by atoms with Crippen LogP contribution in [0.25, 0.3) is 0 Å². The highest BCUT2D eigenvalue weighted by atomic mass is 16.3. The van der Waals surface area contributed by atoms with E-state index in [1.165, 1.54) is 5.69 Å². The molecule has 4 heteroatoms. The van der Waals surface area contributed by atoms with Crippen molar-refractivity contribution in [1.29, 1.82) is 0 Å². The van der Waals surface area contributed by atoms with E-state index in [0.29, 0.717) is 6.04 Å². The monoisotopic (exact) mass is 219 g/mol. The van der Waals surface area contributed by atoms with Gasteiger partial charge < -0.3 is 9.73 Å². The molecule has 2 rings (SSSR count). The average molecular weight is 219 g/mol. The number of hydrogen-bond acceptors (Lipinski definition) is 3. The number of nitrogens with zero attached hydrogens (tertiary/aromatic N) is 2. The van der Waals surface area contributed by atoms with E-state index in [0.717, 1.165) is 18.8 Å². The van der Waals surface area contributed by atoms with Gasteiger partial charge in [0.15, 0.2) is 0 Å². The molecule has 2 heterocycles. The van der Waals surface area contributed by atoms with Gasteiger partial charge in [-0.1, -0.05) is 0 Å². The van der Waals surface area contributed by atoms with E-state index in [4.69, 9.17) is 4.42 Å². The first kappa shape index (κ1) is 11.0. The minimum absolute atomic E-state index is 0.399. The second kappa shape index (κ2) is 4.99. The highest BCUT2D eigenvalue weighted by molar-refractivity contribution is 5.02. The van der Waals surface area contributed by atoms with E-state index in [9.17, 15) is 0 Å². The number of nitrogens with one attached hydrogen (secondary N) is 1. The molecule has 0 spiro atoms. The minimum Gasteiger partial charge on any atom is -0.468 e. The molecule has 0 saturated heterocycles. The van der Waals surface area contributed by atoms with E-state index >= 15 is 0 Å². The van der Waals surface area contributed by atoms with Crippen LogP contribution in [0.3, 0.4) is 0 Å². The van der Waals surface area contributed by atoms with Crippen molar-refractivity contribution >= 4 is 0 Å². The van der Waals surface area contributed by atoms with E-state index in [2.05, 4.69) is 24.3 Å².